The summed E-state index contributed by atoms with van der Waals surface area (Å²) in [5.41, 5.74) is 1.42. The molecule has 4 rings (SSSR count). The molecule has 0 amide bonds. The number of anilines is 1. The molecule has 2 aromatic heterocycles. The Kier molecular flexibility index (Phi) is 3.96. The number of aromatic nitrogens is 6. The lowest BCUT2D eigenvalue weighted by molar-refractivity contribution is 0.584. The maximum Gasteiger partial charge on any atom is 0.205 e. The molecule has 0 bridgehead atoms. The second-order valence-electron chi connectivity index (χ2n) is 5.61. The summed E-state index contributed by atoms with van der Waals surface area (Å²) in [7, 11) is 1.80. The highest BCUT2D eigenvalue weighted by Gasteiger charge is 2.20. The van der Waals surface area contributed by atoms with Crippen molar-refractivity contribution in [2.75, 3.05) is 18.0 Å². The largest absolute Gasteiger partial charge is 0.343 e. The number of benzene rings is 1. The van der Waals surface area contributed by atoms with Crippen molar-refractivity contribution in [3.8, 4) is 11.4 Å². The maximum atomic E-state index is 13.4. The summed E-state index contributed by atoms with van der Waals surface area (Å²) in [6.45, 7) is 1.39. The Morgan fingerprint density at radius 3 is 2.60 bits per heavy atom. The summed E-state index contributed by atoms with van der Waals surface area (Å²) < 4.78 is 32.6. The predicted octanol–water partition coefficient (Wildman–Crippen LogP) is 2.30. The Labute approximate surface area is 145 Å². The van der Waals surface area contributed by atoms with Crippen molar-refractivity contribution in [1.29, 1.82) is 0 Å². The van der Waals surface area contributed by atoms with Crippen molar-refractivity contribution < 1.29 is 8.78 Å². The molecule has 0 radical (unpaired) electrons. The number of halogens is 2. The van der Waals surface area contributed by atoms with Crippen LogP contribution in [0.15, 0.2) is 24.3 Å². The van der Waals surface area contributed by atoms with Crippen molar-refractivity contribution in [2.24, 2.45) is 7.05 Å². The van der Waals surface area contributed by atoms with E-state index in [1.807, 2.05) is 0 Å². The predicted molar refractivity (Wildman–Crippen MR) is 88.9 cm³/mol. The Hall–Kier alpha value is -2.75. The van der Waals surface area contributed by atoms with Gasteiger partial charge in [0.15, 0.2) is 11.6 Å². The van der Waals surface area contributed by atoms with Crippen molar-refractivity contribution in [2.45, 2.75) is 6.42 Å². The topological polar surface area (TPSA) is 72.6 Å². The molecule has 1 aromatic carbocycles. The summed E-state index contributed by atoms with van der Waals surface area (Å²) >= 11 is 1.21. The van der Waals surface area contributed by atoms with E-state index in [4.69, 9.17) is 0 Å². The van der Waals surface area contributed by atoms with Crippen LogP contribution in [0.1, 0.15) is 12.2 Å². The van der Waals surface area contributed by atoms with Crippen molar-refractivity contribution in [3.63, 3.8) is 0 Å². The fraction of sp³-hybridized carbons (Fsp3) is 0.267. The third-order valence-corrected chi connectivity index (χ3v) is 4.70. The van der Waals surface area contributed by atoms with Gasteiger partial charge in [-0.15, -0.1) is 5.10 Å². The molecule has 10 heteroatoms. The van der Waals surface area contributed by atoms with E-state index in [9.17, 15) is 8.78 Å². The highest BCUT2D eigenvalue weighted by Crippen LogP contribution is 2.28. The molecule has 0 saturated carbocycles. The van der Waals surface area contributed by atoms with Crippen LogP contribution >= 0.6 is 11.5 Å². The van der Waals surface area contributed by atoms with Crippen LogP contribution in [-0.4, -0.2) is 42.7 Å². The van der Waals surface area contributed by atoms with Gasteiger partial charge < -0.3 is 4.90 Å². The van der Waals surface area contributed by atoms with E-state index < -0.39 is 11.6 Å². The Bertz CT molecular complexity index is 929. The van der Waals surface area contributed by atoms with Crippen molar-refractivity contribution >= 4 is 22.2 Å². The molecule has 0 N–H and O–H groups in total. The van der Waals surface area contributed by atoms with Gasteiger partial charge in [0.2, 0.25) is 5.13 Å². The zero-order valence-corrected chi connectivity index (χ0v) is 14.0. The van der Waals surface area contributed by atoms with Gasteiger partial charge in [-0.25, -0.2) is 13.5 Å². The summed E-state index contributed by atoms with van der Waals surface area (Å²) in [5, 5.41) is 12.2. The summed E-state index contributed by atoms with van der Waals surface area (Å²) in [4.78, 5) is 6.48. The van der Waals surface area contributed by atoms with Gasteiger partial charge in [-0.3, -0.25) is 0 Å². The average Bonchev–Trinajstić information content (AvgIpc) is 3.23. The molecule has 0 unspecified atom stereocenters. The van der Waals surface area contributed by atoms with Crippen LogP contribution in [0, 0.1) is 11.6 Å². The van der Waals surface area contributed by atoms with Gasteiger partial charge in [-0.1, -0.05) is 6.08 Å². The van der Waals surface area contributed by atoms with Gasteiger partial charge in [0.1, 0.15) is 11.6 Å². The van der Waals surface area contributed by atoms with Crippen LogP contribution in [-0.2, 0) is 7.05 Å². The molecule has 128 valence electrons. The lowest BCUT2D eigenvalue weighted by Crippen LogP contribution is -2.28. The number of rotatable bonds is 3. The van der Waals surface area contributed by atoms with E-state index in [0.717, 1.165) is 30.4 Å². The molecule has 0 saturated heterocycles. The number of nitrogens with zero attached hydrogens (tertiary/aromatic N) is 7. The maximum absolute atomic E-state index is 13.4. The molecule has 3 heterocycles. The number of aryl methyl sites for hydroxylation is 1. The first kappa shape index (κ1) is 15.8. The zero-order chi connectivity index (χ0) is 17.4. The fourth-order valence-electron chi connectivity index (χ4n) is 2.69. The summed E-state index contributed by atoms with van der Waals surface area (Å²) in [6, 6.07) is 3.28. The van der Waals surface area contributed by atoms with E-state index in [1.54, 1.807) is 11.7 Å². The first-order valence-electron chi connectivity index (χ1n) is 7.57. The SMILES string of the molecule is Cn1nnnc1C1=CCN(c2nc(-c3cc(F)cc(F)c3)ns2)CC1. The molecule has 0 aliphatic carbocycles. The first-order chi connectivity index (χ1) is 12.1. The minimum Gasteiger partial charge on any atom is -0.343 e. The van der Waals surface area contributed by atoms with Gasteiger partial charge in [0.05, 0.1) is 0 Å². The third kappa shape index (κ3) is 3.12. The standard InChI is InChI=1S/C15H13F2N7S/c1-23-14(19-21-22-23)9-2-4-24(5-3-9)15-18-13(20-25-15)10-6-11(16)8-12(17)7-10/h2,6-8H,3-5H2,1H3. The third-order valence-electron chi connectivity index (χ3n) is 3.92. The molecule has 7 nitrogen and oxygen atoms in total. The van der Waals surface area contributed by atoms with E-state index >= 15 is 0 Å². The number of hydrogen-bond acceptors (Lipinski definition) is 7. The Balaban J connectivity index is 1.54. The smallest absolute Gasteiger partial charge is 0.205 e. The van der Waals surface area contributed by atoms with Gasteiger partial charge >= 0.3 is 0 Å². The van der Waals surface area contributed by atoms with Crippen LogP contribution < -0.4 is 4.90 Å². The fourth-order valence-corrected chi connectivity index (χ4v) is 3.41. The van der Waals surface area contributed by atoms with E-state index in [1.165, 1.54) is 23.7 Å². The molecule has 25 heavy (non-hydrogen) atoms. The van der Waals surface area contributed by atoms with Crippen LogP contribution in [0.3, 0.4) is 0 Å². The lowest BCUT2D eigenvalue weighted by Gasteiger charge is -2.24. The van der Waals surface area contributed by atoms with Crippen LogP contribution in [0.2, 0.25) is 0 Å². The van der Waals surface area contributed by atoms with Crippen LogP contribution in [0.5, 0.6) is 0 Å². The van der Waals surface area contributed by atoms with Gasteiger partial charge in [0.25, 0.3) is 0 Å². The van der Waals surface area contributed by atoms with E-state index in [-0.39, 0.29) is 0 Å². The lowest BCUT2D eigenvalue weighted by atomic mass is 10.1. The highest BCUT2D eigenvalue weighted by atomic mass is 32.1. The van der Waals surface area contributed by atoms with Crippen molar-refractivity contribution in [3.05, 3.63) is 41.7 Å². The minimum atomic E-state index is -0.644. The second-order valence-corrected chi connectivity index (χ2v) is 6.34. The molecular weight excluding hydrogens is 348 g/mol. The normalized spacial score (nSPS) is 14.7. The quantitative estimate of drug-likeness (QED) is 0.713. The zero-order valence-electron chi connectivity index (χ0n) is 13.2. The molecule has 0 fully saturated rings. The number of tetrazole rings is 1. The van der Waals surface area contributed by atoms with Crippen LogP contribution in [0.25, 0.3) is 17.0 Å². The minimum absolute atomic E-state index is 0.325. The summed E-state index contributed by atoms with van der Waals surface area (Å²) in [5.74, 6) is -0.207. The first-order valence-corrected chi connectivity index (χ1v) is 8.34. The molecule has 1 aliphatic heterocycles. The highest BCUT2D eigenvalue weighted by molar-refractivity contribution is 7.09. The Morgan fingerprint density at radius 1 is 1.16 bits per heavy atom. The average molecular weight is 361 g/mol. The monoisotopic (exact) mass is 361 g/mol. The molecular formula is C15H13F2N7S. The molecule has 0 spiro atoms. The summed E-state index contributed by atoms with van der Waals surface area (Å²) in [6.07, 6.45) is 2.83. The molecule has 3 aromatic rings. The molecule has 0 atom stereocenters. The van der Waals surface area contributed by atoms with Gasteiger partial charge in [-0.2, -0.15) is 9.36 Å². The van der Waals surface area contributed by atoms with Crippen LogP contribution in [0.4, 0.5) is 13.9 Å². The number of hydrogen-bond donors (Lipinski definition) is 0. The molecule has 1 aliphatic rings. The van der Waals surface area contributed by atoms with Gasteiger partial charge in [0, 0.05) is 43.3 Å². The van der Waals surface area contributed by atoms with Gasteiger partial charge in [-0.05, 0) is 34.6 Å². The van der Waals surface area contributed by atoms with E-state index in [0.29, 0.717) is 23.1 Å². The Morgan fingerprint density at radius 2 is 1.96 bits per heavy atom. The van der Waals surface area contributed by atoms with Crippen molar-refractivity contribution in [1.82, 2.24) is 29.6 Å². The van der Waals surface area contributed by atoms with E-state index in [2.05, 4.69) is 35.9 Å². The second kappa shape index (κ2) is 6.28.